The van der Waals surface area contributed by atoms with Gasteiger partial charge in [0.25, 0.3) is 0 Å². The summed E-state index contributed by atoms with van der Waals surface area (Å²) in [7, 11) is -4.00. The number of hydrogen-bond acceptors (Lipinski definition) is 6. The predicted octanol–water partition coefficient (Wildman–Crippen LogP) is 4.35. The number of nitrogens with one attached hydrogen (secondary N) is 2. The van der Waals surface area contributed by atoms with E-state index in [4.69, 9.17) is 9.88 Å². The van der Waals surface area contributed by atoms with Crippen molar-refractivity contribution in [1.82, 2.24) is 9.97 Å². The molecule has 0 spiro atoms. The van der Waals surface area contributed by atoms with Gasteiger partial charge in [-0.05, 0) is 36.2 Å². The van der Waals surface area contributed by atoms with E-state index in [0.717, 1.165) is 23.6 Å². The highest BCUT2D eigenvalue weighted by atomic mass is 32.2. The molecule has 0 aliphatic carbocycles. The zero-order chi connectivity index (χ0) is 20.7. The number of hydrogen-bond donors (Lipinski definition) is 3. The van der Waals surface area contributed by atoms with Crippen molar-refractivity contribution in [3.8, 4) is 11.5 Å². The molecule has 1 heterocycles. The SMILES string of the molecule is CCCCNc1cc(CSc2ncc[nH]2)cc(S(N)(=O)=O)c1Oc1ccccc1. The molecule has 0 amide bonds. The Hall–Kier alpha value is -2.49. The Morgan fingerprint density at radius 2 is 2.03 bits per heavy atom. The minimum Gasteiger partial charge on any atom is -0.454 e. The Morgan fingerprint density at radius 1 is 1.24 bits per heavy atom. The van der Waals surface area contributed by atoms with E-state index >= 15 is 0 Å². The number of unbranched alkanes of at least 4 members (excludes halogenated alkanes) is 1. The van der Waals surface area contributed by atoms with Gasteiger partial charge in [0, 0.05) is 24.7 Å². The molecule has 0 saturated heterocycles. The molecule has 0 fully saturated rings. The Labute approximate surface area is 175 Å². The molecule has 29 heavy (non-hydrogen) atoms. The lowest BCUT2D eigenvalue weighted by molar-refractivity contribution is 0.469. The van der Waals surface area contributed by atoms with Crippen LogP contribution in [0.4, 0.5) is 5.69 Å². The van der Waals surface area contributed by atoms with Gasteiger partial charge in [0.1, 0.15) is 10.6 Å². The maximum atomic E-state index is 12.4. The molecule has 0 aliphatic rings. The zero-order valence-corrected chi connectivity index (χ0v) is 17.7. The lowest BCUT2D eigenvalue weighted by Crippen LogP contribution is -2.15. The molecule has 0 unspecified atom stereocenters. The van der Waals surface area contributed by atoms with Crippen LogP contribution in [0.5, 0.6) is 11.5 Å². The molecule has 4 N–H and O–H groups in total. The van der Waals surface area contributed by atoms with E-state index in [9.17, 15) is 8.42 Å². The van der Waals surface area contributed by atoms with Gasteiger partial charge in [-0.25, -0.2) is 18.5 Å². The van der Waals surface area contributed by atoms with Gasteiger partial charge >= 0.3 is 0 Å². The predicted molar refractivity (Wildman–Crippen MR) is 116 cm³/mol. The van der Waals surface area contributed by atoms with Gasteiger partial charge in [-0.1, -0.05) is 43.3 Å². The van der Waals surface area contributed by atoms with Crippen molar-refractivity contribution in [1.29, 1.82) is 0 Å². The first-order chi connectivity index (χ1) is 14.0. The van der Waals surface area contributed by atoms with Crippen LogP contribution in [-0.2, 0) is 15.8 Å². The van der Waals surface area contributed by atoms with Crippen LogP contribution in [0.2, 0.25) is 0 Å². The number of H-pyrrole nitrogens is 1. The molecule has 1 aromatic heterocycles. The summed E-state index contributed by atoms with van der Waals surface area (Å²) in [6.45, 7) is 2.79. The van der Waals surface area contributed by atoms with E-state index in [1.807, 2.05) is 24.3 Å². The molecular weight excluding hydrogens is 408 g/mol. The number of aromatic nitrogens is 2. The number of para-hydroxylation sites is 1. The van der Waals surface area contributed by atoms with Crippen molar-refractivity contribution in [2.24, 2.45) is 5.14 Å². The lowest BCUT2D eigenvalue weighted by atomic mass is 10.2. The standard InChI is InChI=1S/C20H24N4O3S2/c1-2-3-9-22-17-12-15(14-28-20-23-10-11-24-20)13-18(29(21,25)26)19(17)27-16-7-5-4-6-8-16/h4-8,10-13,22H,2-3,9,14H2,1H3,(H,23,24)(H2,21,25,26). The second-order valence-electron chi connectivity index (χ2n) is 6.39. The first kappa shape index (κ1) is 21.2. The van der Waals surface area contributed by atoms with Gasteiger partial charge in [0.05, 0.1) is 5.69 Å². The third-order valence-electron chi connectivity index (χ3n) is 4.08. The van der Waals surface area contributed by atoms with Crippen LogP contribution < -0.4 is 15.2 Å². The maximum Gasteiger partial charge on any atom is 0.241 e. The molecule has 9 heteroatoms. The number of imidazole rings is 1. The van der Waals surface area contributed by atoms with Crippen LogP contribution in [0.3, 0.4) is 0 Å². The third kappa shape index (κ3) is 5.99. The number of anilines is 1. The first-order valence-electron chi connectivity index (χ1n) is 9.26. The average molecular weight is 433 g/mol. The largest absolute Gasteiger partial charge is 0.454 e. The number of aromatic amines is 1. The Bertz CT molecular complexity index is 1020. The Morgan fingerprint density at radius 3 is 2.69 bits per heavy atom. The highest BCUT2D eigenvalue weighted by Gasteiger charge is 2.22. The number of benzene rings is 2. The van der Waals surface area contributed by atoms with Gasteiger partial charge in [-0.3, -0.25) is 0 Å². The molecule has 7 nitrogen and oxygen atoms in total. The summed E-state index contributed by atoms with van der Waals surface area (Å²) in [6.07, 6.45) is 5.37. The van der Waals surface area contributed by atoms with Gasteiger partial charge in [0.2, 0.25) is 10.0 Å². The van der Waals surface area contributed by atoms with Crippen LogP contribution in [0, 0.1) is 0 Å². The number of sulfonamides is 1. The minimum atomic E-state index is -4.00. The number of nitrogens with zero attached hydrogens (tertiary/aromatic N) is 1. The number of thioether (sulfide) groups is 1. The second kappa shape index (κ2) is 9.82. The summed E-state index contributed by atoms with van der Waals surface area (Å²) < 4.78 is 30.7. The molecule has 2 aromatic carbocycles. The maximum absolute atomic E-state index is 12.4. The van der Waals surface area contributed by atoms with Crippen molar-refractivity contribution in [2.45, 2.75) is 35.6 Å². The molecular formula is C20H24N4O3S2. The Balaban J connectivity index is 2.00. The molecule has 3 aromatic rings. The first-order valence-corrected chi connectivity index (χ1v) is 11.8. The number of ether oxygens (including phenoxy) is 1. The van der Waals surface area contributed by atoms with Gasteiger partial charge in [-0.2, -0.15) is 0 Å². The van der Waals surface area contributed by atoms with Gasteiger partial charge < -0.3 is 15.0 Å². The van der Waals surface area contributed by atoms with E-state index < -0.39 is 10.0 Å². The number of primary sulfonamides is 1. The second-order valence-corrected chi connectivity index (χ2v) is 8.89. The molecule has 3 rings (SSSR count). The fourth-order valence-corrected chi connectivity index (χ4v) is 4.16. The van der Waals surface area contributed by atoms with E-state index in [1.165, 1.54) is 11.8 Å². The summed E-state index contributed by atoms with van der Waals surface area (Å²) in [5.41, 5.74) is 1.40. The van der Waals surface area contributed by atoms with Crippen molar-refractivity contribution in [2.75, 3.05) is 11.9 Å². The van der Waals surface area contributed by atoms with Gasteiger partial charge in [0.15, 0.2) is 10.9 Å². The zero-order valence-electron chi connectivity index (χ0n) is 16.1. The molecule has 0 aliphatic heterocycles. The van der Waals surface area contributed by atoms with Crippen LogP contribution in [-0.4, -0.2) is 24.9 Å². The van der Waals surface area contributed by atoms with E-state index in [0.29, 0.717) is 23.7 Å². The third-order valence-corrected chi connectivity index (χ3v) is 5.97. The van der Waals surface area contributed by atoms with Crippen molar-refractivity contribution >= 4 is 27.5 Å². The fraction of sp³-hybridized carbons (Fsp3) is 0.250. The summed E-state index contributed by atoms with van der Waals surface area (Å²) >= 11 is 1.48. The topological polar surface area (TPSA) is 110 Å². The average Bonchev–Trinajstić information content (AvgIpc) is 3.21. The quantitative estimate of drug-likeness (QED) is 0.324. The Kier molecular flexibility index (Phi) is 7.18. The summed E-state index contributed by atoms with van der Waals surface area (Å²) in [4.78, 5) is 7.16. The summed E-state index contributed by atoms with van der Waals surface area (Å²) in [5, 5.41) is 9.59. The van der Waals surface area contributed by atoms with Crippen LogP contribution >= 0.6 is 11.8 Å². The lowest BCUT2D eigenvalue weighted by Gasteiger charge is -2.18. The summed E-state index contributed by atoms with van der Waals surface area (Å²) in [5.74, 6) is 1.28. The van der Waals surface area contributed by atoms with E-state index in [2.05, 4.69) is 22.2 Å². The van der Waals surface area contributed by atoms with Crippen molar-refractivity contribution in [3.63, 3.8) is 0 Å². The normalized spacial score (nSPS) is 11.4. The number of nitrogens with two attached hydrogens (primary N) is 1. The fourth-order valence-electron chi connectivity index (χ4n) is 2.68. The smallest absolute Gasteiger partial charge is 0.241 e. The van der Waals surface area contributed by atoms with Crippen molar-refractivity contribution in [3.05, 3.63) is 60.4 Å². The van der Waals surface area contributed by atoms with Gasteiger partial charge in [-0.15, -0.1) is 0 Å². The summed E-state index contributed by atoms with van der Waals surface area (Å²) in [6, 6.07) is 12.5. The highest BCUT2D eigenvalue weighted by Crippen LogP contribution is 2.38. The highest BCUT2D eigenvalue weighted by molar-refractivity contribution is 7.98. The van der Waals surface area contributed by atoms with E-state index in [-0.39, 0.29) is 10.6 Å². The molecule has 0 bridgehead atoms. The minimum absolute atomic E-state index is 0.0436. The molecule has 0 atom stereocenters. The van der Waals surface area contributed by atoms with Crippen LogP contribution in [0.1, 0.15) is 25.3 Å². The van der Waals surface area contributed by atoms with E-state index in [1.54, 1.807) is 30.6 Å². The molecule has 0 saturated carbocycles. The number of rotatable bonds is 10. The van der Waals surface area contributed by atoms with Crippen LogP contribution in [0.15, 0.2) is 64.9 Å². The van der Waals surface area contributed by atoms with Crippen molar-refractivity contribution < 1.29 is 13.2 Å². The monoisotopic (exact) mass is 432 g/mol. The molecule has 154 valence electrons. The van der Waals surface area contributed by atoms with Crippen LogP contribution in [0.25, 0.3) is 0 Å². The molecule has 0 radical (unpaired) electrons.